The van der Waals surface area contributed by atoms with Gasteiger partial charge in [0.15, 0.2) is 6.10 Å². The van der Waals surface area contributed by atoms with Crippen molar-refractivity contribution in [2.75, 3.05) is 0 Å². The van der Waals surface area contributed by atoms with Gasteiger partial charge in [-0.25, -0.2) is 9.18 Å². The fraction of sp³-hybridized carbons (Fsp3) is 0.125. The van der Waals surface area contributed by atoms with Crippen LogP contribution in [-0.4, -0.2) is 11.1 Å². The normalized spacial score (nSPS) is 11.5. The van der Waals surface area contributed by atoms with Crippen molar-refractivity contribution in [3.63, 3.8) is 0 Å². The van der Waals surface area contributed by atoms with Crippen LogP contribution in [0.15, 0.2) is 42.5 Å². The molecule has 0 spiro atoms. The molecule has 4 nitrogen and oxygen atoms in total. The van der Waals surface area contributed by atoms with E-state index in [1.165, 1.54) is 12.1 Å². The summed E-state index contributed by atoms with van der Waals surface area (Å²) in [6.45, 7) is -0.0865. The van der Waals surface area contributed by atoms with E-state index in [0.717, 1.165) is 6.07 Å². The fourth-order valence-electron chi connectivity index (χ4n) is 1.76. The molecule has 2 rings (SSSR count). The summed E-state index contributed by atoms with van der Waals surface area (Å²) in [6, 6.07) is 12.0. The van der Waals surface area contributed by atoms with Crippen LogP contribution >= 0.6 is 11.6 Å². The minimum Gasteiger partial charge on any atom is -0.459 e. The molecule has 0 aliphatic rings. The minimum absolute atomic E-state index is 0.0865. The second-order valence-corrected chi connectivity index (χ2v) is 4.92. The van der Waals surface area contributed by atoms with Crippen LogP contribution in [0.1, 0.15) is 22.8 Å². The summed E-state index contributed by atoms with van der Waals surface area (Å²) in [5.41, 5.74) is 0.934. The van der Waals surface area contributed by atoms with Crippen molar-refractivity contribution in [3.8, 4) is 6.07 Å². The van der Waals surface area contributed by atoms with Gasteiger partial charge in [0.25, 0.3) is 0 Å². The molecule has 2 aromatic carbocycles. The molecule has 1 N–H and O–H groups in total. The maximum absolute atomic E-state index is 13.6. The van der Waals surface area contributed by atoms with Gasteiger partial charge in [-0.3, -0.25) is 0 Å². The van der Waals surface area contributed by atoms with Crippen molar-refractivity contribution in [2.24, 2.45) is 0 Å². The quantitative estimate of drug-likeness (QED) is 0.879. The topological polar surface area (TPSA) is 70.3 Å². The second-order valence-electron chi connectivity index (χ2n) is 4.48. The number of halogens is 2. The van der Waals surface area contributed by atoms with E-state index in [4.69, 9.17) is 21.6 Å². The van der Waals surface area contributed by atoms with Crippen molar-refractivity contribution in [2.45, 2.75) is 12.7 Å². The predicted molar refractivity (Wildman–Crippen MR) is 77.3 cm³/mol. The first-order valence-electron chi connectivity index (χ1n) is 6.30. The average Bonchev–Trinajstić information content (AvgIpc) is 2.52. The van der Waals surface area contributed by atoms with E-state index < -0.39 is 17.9 Å². The number of hydrogen-bond donors (Lipinski definition) is 1. The van der Waals surface area contributed by atoms with Crippen molar-refractivity contribution in [3.05, 3.63) is 70.0 Å². The zero-order valence-electron chi connectivity index (χ0n) is 11.3. The number of esters is 1. The lowest BCUT2D eigenvalue weighted by Gasteiger charge is -2.12. The third kappa shape index (κ3) is 3.82. The molecular formula is C16H11ClFNO3. The zero-order valence-corrected chi connectivity index (χ0v) is 12.0. The summed E-state index contributed by atoms with van der Waals surface area (Å²) in [5.74, 6) is -1.75. The summed E-state index contributed by atoms with van der Waals surface area (Å²) in [4.78, 5) is 11.8. The number of hydrogen-bond acceptors (Lipinski definition) is 4. The third-order valence-electron chi connectivity index (χ3n) is 2.94. The summed E-state index contributed by atoms with van der Waals surface area (Å²) < 4.78 is 18.6. The third-order valence-corrected chi connectivity index (χ3v) is 3.18. The first-order valence-corrected chi connectivity index (χ1v) is 6.67. The number of aliphatic hydroxyl groups excluding tert-OH is 1. The monoisotopic (exact) mass is 319 g/mol. The first kappa shape index (κ1) is 16.0. The van der Waals surface area contributed by atoms with Crippen LogP contribution in [0.25, 0.3) is 0 Å². The lowest BCUT2D eigenvalue weighted by atomic mass is 10.1. The van der Waals surface area contributed by atoms with Crippen molar-refractivity contribution in [1.82, 2.24) is 0 Å². The van der Waals surface area contributed by atoms with Gasteiger partial charge in [0.1, 0.15) is 12.4 Å². The highest BCUT2D eigenvalue weighted by atomic mass is 35.5. The molecular weight excluding hydrogens is 309 g/mol. The van der Waals surface area contributed by atoms with Crippen LogP contribution < -0.4 is 0 Å². The highest BCUT2D eigenvalue weighted by molar-refractivity contribution is 6.30. The molecule has 0 aromatic heterocycles. The number of carbonyl (C=O) groups is 1. The van der Waals surface area contributed by atoms with Crippen LogP contribution in [0.5, 0.6) is 0 Å². The van der Waals surface area contributed by atoms with E-state index in [9.17, 15) is 14.3 Å². The van der Waals surface area contributed by atoms with Crippen LogP contribution in [0, 0.1) is 17.1 Å². The summed E-state index contributed by atoms with van der Waals surface area (Å²) >= 11 is 5.61. The SMILES string of the molecule is N#Cc1ccc(COC(=O)C(O)c2ccc(Cl)cc2F)cc1. The Hall–Kier alpha value is -2.42. The summed E-state index contributed by atoms with van der Waals surface area (Å²) in [7, 11) is 0. The molecule has 0 saturated heterocycles. The van der Waals surface area contributed by atoms with Crippen LogP contribution in [0.2, 0.25) is 5.02 Å². The summed E-state index contributed by atoms with van der Waals surface area (Å²) in [6.07, 6.45) is -1.73. The van der Waals surface area contributed by atoms with Gasteiger partial charge < -0.3 is 9.84 Å². The molecule has 6 heteroatoms. The van der Waals surface area contributed by atoms with Crippen molar-refractivity contribution >= 4 is 17.6 Å². The Morgan fingerprint density at radius 1 is 1.32 bits per heavy atom. The van der Waals surface area contributed by atoms with Gasteiger partial charge in [-0.05, 0) is 29.8 Å². The number of rotatable bonds is 4. The van der Waals surface area contributed by atoms with E-state index in [2.05, 4.69) is 0 Å². The van der Waals surface area contributed by atoms with E-state index in [1.54, 1.807) is 24.3 Å². The Kier molecular flexibility index (Phi) is 5.10. The number of carbonyl (C=O) groups excluding carboxylic acids is 1. The largest absolute Gasteiger partial charge is 0.459 e. The minimum atomic E-state index is -1.73. The van der Waals surface area contributed by atoms with Crippen LogP contribution in [0.3, 0.4) is 0 Å². The molecule has 112 valence electrons. The lowest BCUT2D eigenvalue weighted by Crippen LogP contribution is -2.16. The number of nitrogens with zero attached hydrogens (tertiary/aromatic N) is 1. The molecule has 0 radical (unpaired) electrons. The van der Waals surface area contributed by atoms with E-state index in [-0.39, 0.29) is 17.2 Å². The highest BCUT2D eigenvalue weighted by Crippen LogP contribution is 2.22. The Morgan fingerprint density at radius 2 is 2.00 bits per heavy atom. The Balaban J connectivity index is 2.00. The molecule has 22 heavy (non-hydrogen) atoms. The number of aliphatic hydroxyl groups is 1. The molecule has 0 aliphatic carbocycles. The first-order chi connectivity index (χ1) is 10.5. The highest BCUT2D eigenvalue weighted by Gasteiger charge is 2.22. The fourth-order valence-corrected chi connectivity index (χ4v) is 1.92. The molecule has 0 aliphatic heterocycles. The van der Waals surface area contributed by atoms with E-state index >= 15 is 0 Å². The van der Waals surface area contributed by atoms with E-state index in [0.29, 0.717) is 11.1 Å². The van der Waals surface area contributed by atoms with Crippen molar-refractivity contribution < 1.29 is 19.0 Å². The van der Waals surface area contributed by atoms with Gasteiger partial charge in [-0.15, -0.1) is 0 Å². The molecule has 1 atom stereocenters. The lowest BCUT2D eigenvalue weighted by molar-refractivity contribution is -0.155. The number of benzene rings is 2. The Labute approximate surface area is 131 Å². The smallest absolute Gasteiger partial charge is 0.340 e. The average molecular weight is 320 g/mol. The van der Waals surface area contributed by atoms with Gasteiger partial charge in [0.2, 0.25) is 0 Å². The maximum atomic E-state index is 13.6. The van der Waals surface area contributed by atoms with Crippen LogP contribution in [-0.2, 0) is 16.1 Å². The Morgan fingerprint density at radius 3 is 2.59 bits per heavy atom. The van der Waals surface area contributed by atoms with Gasteiger partial charge >= 0.3 is 5.97 Å². The van der Waals surface area contributed by atoms with Gasteiger partial charge in [-0.1, -0.05) is 29.8 Å². The number of nitriles is 1. The molecule has 2 aromatic rings. The number of ether oxygens (including phenoxy) is 1. The Bertz CT molecular complexity index is 725. The molecule has 1 unspecified atom stereocenters. The molecule has 0 bridgehead atoms. The van der Waals surface area contributed by atoms with Crippen molar-refractivity contribution in [1.29, 1.82) is 5.26 Å². The molecule has 0 saturated carbocycles. The molecule has 0 fully saturated rings. The van der Waals surface area contributed by atoms with Gasteiger partial charge in [-0.2, -0.15) is 5.26 Å². The van der Waals surface area contributed by atoms with Gasteiger partial charge in [0.05, 0.1) is 11.6 Å². The standard InChI is InChI=1S/C16H11ClFNO3/c17-12-5-6-13(14(18)7-12)15(20)16(21)22-9-11-3-1-10(8-19)2-4-11/h1-7,15,20H,9H2. The van der Waals surface area contributed by atoms with Crippen LogP contribution in [0.4, 0.5) is 4.39 Å². The van der Waals surface area contributed by atoms with Gasteiger partial charge in [0, 0.05) is 10.6 Å². The zero-order chi connectivity index (χ0) is 16.1. The van der Waals surface area contributed by atoms with E-state index in [1.807, 2.05) is 6.07 Å². The second kappa shape index (κ2) is 7.03. The molecule has 0 amide bonds. The predicted octanol–water partition coefficient (Wildman–Crippen LogP) is 3.13. The molecule has 0 heterocycles. The summed E-state index contributed by atoms with van der Waals surface area (Å²) in [5, 5.41) is 18.7. The maximum Gasteiger partial charge on any atom is 0.340 e.